The van der Waals surface area contributed by atoms with Crippen LogP contribution in [0.4, 0.5) is 0 Å². The summed E-state index contributed by atoms with van der Waals surface area (Å²) >= 11 is 1.54. The molecular formula is C8H13N3O2S. The molecule has 5 N–H and O–H groups in total. The number of rotatable bonds is 5. The predicted molar refractivity (Wildman–Crippen MR) is 55.6 cm³/mol. The number of nitrogens with one attached hydrogen (secondary N) is 1. The monoisotopic (exact) mass is 215 g/mol. The number of nitrogens with two attached hydrogens (primary N) is 1. The molecule has 1 aromatic rings. The lowest BCUT2D eigenvalue weighted by atomic mass is 10.2. The van der Waals surface area contributed by atoms with Crippen LogP contribution in [0.3, 0.4) is 0 Å². The molecule has 0 radical (unpaired) electrons. The first kappa shape index (κ1) is 11.0. The van der Waals surface area contributed by atoms with Crippen molar-refractivity contribution in [1.29, 1.82) is 0 Å². The Balaban J connectivity index is 2.26. The van der Waals surface area contributed by atoms with Gasteiger partial charge in [0, 0.05) is 6.54 Å². The van der Waals surface area contributed by atoms with E-state index >= 15 is 0 Å². The molecule has 0 saturated carbocycles. The number of oxime groups is 1. The molecule has 0 fully saturated rings. The fourth-order valence-electron chi connectivity index (χ4n) is 0.955. The van der Waals surface area contributed by atoms with Gasteiger partial charge in [-0.05, 0) is 22.4 Å². The van der Waals surface area contributed by atoms with E-state index in [-0.39, 0.29) is 12.4 Å². The van der Waals surface area contributed by atoms with Crippen LogP contribution in [0.2, 0.25) is 0 Å². The molecule has 0 aliphatic carbocycles. The normalized spacial score (nSPS) is 14.2. The molecule has 0 aliphatic rings. The summed E-state index contributed by atoms with van der Waals surface area (Å²) in [5, 5.41) is 27.3. The standard InChI is InChI=1S/C8H13N3O2S/c9-8(11-13)4-10-3-7(12)6-1-2-14-5-6/h1-2,5,7,10,12-13H,3-4H2,(H2,9,11). The van der Waals surface area contributed by atoms with Gasteiger partial charge in [-0.15, -0.1) is 0 Å². The van der Waals surface area contributed by atoms with Gasteiger partial charge in [-0.1, -0.05) is 5.16 Å². The predicted octanol–water partition coefficient (Wildman–Crippen LogP) is 0.118. The lowest BCUT2D eigenvalue weighted by Crippen LogP contribution is -2.31. The van der Waals surface area contributed by atoms with Gasteiger partial charge in [0.2, 0.25) is 0 Å². The summed E-state index contributed by atoms with van der Waals surface area (Å²) in [7, 11) is 0. The number of hydrogen-bond donors (Lipinski definition) is 4. The van der Waals surface area contributed by atoms with Gasteiger partial charge in [0.05, 0.1) is 12.6 Å². The summed E-state index contributed by atoms with van der Waals surface area (Å²) in [4.78, 5) is 0. The van der Waals surface area contributed by atoms with E-state index in [0.29, 0.717) is 6.54 Å². The summed E-state index contributed by atoms with van der Waals surface area (Å²) in [5.74, 6) is 0.0996. The van der Waals surface area contributed by atoms with Crippen LogP contribution >= 0.6 is 11.3 Å². The summed E-state index contributed by atoms with van der Waals surface area (Å²) < 4.78 is 0. The molecule has 0 spiro atoms. The first-order valence-corrected chi connectivity index (χ1v) is 5.05. The van der Waals surface area contributed by atoms with Crippen molar-refractivity contribution in [2.45, 2.75) is 6.10 Å². The minimum Gasteiger partial charge on any atom is -0.409 e. The maximum absolute atomic E-state index is 9.60. The van der Waals surface area contributed by atoms with Gasteiger partial charge < -0.3 is 21.4 Å². The molecule has 0 aromatic carbocycles. The number of amidine groups is 1. The molecule has 0 bridgehead atoms. The second-order valence-corrected chi connectivity index (χ2v) is 3.57. The molecule has 1 aromatic heterocycles. The third-order valence-corrected chi connectivity index (χ3v) is 2.40. The Kier molecular flexibility index (Phi) is 4.37. The minimum atomic E-state index is -0.548. The van der Waals surface area contributed by atoms with E-state index < -0.39 is 6.10 Å². The Bertz CT molecular complexity index is 287. The average Bonchev–Trinajstić information content (AvgIpc) is 2.70. The van der Waals surface area contributed by atoms with Crippen LogP contribution in [-0.4, -0.2) is 29.2 Å². The largest absolute Gasteiger partial charge is 0.409 e. The molecule has 6 heteroatoms. The van der Waals surface area contributed by atoms with E-state index in [9.17, 15) is 5.11 Å². The van der Waals surface area contributed by atoms with Crippen molar-refractivity contribution in [2.24, 2.45) is 10.9 Å². The van der Waals surface area contributed by atoms with Crippen molar-refractivity contribution in [1.82, 2.24) is 5.32 Å². The van der Waals surface area contributed by atoms with E-state index in [0.717, 1.165) is 5.56 Å². The Morgan fingerprint density at radius 2 is 2.50 bits per heavy atom. The molecule has 0 amide bonds. The average molecular weight is 215 g/mol. The lowest BCUT2D eigenvalue weighted by molar-refractivity contribution is 0.177. The highest BCUT2D eigenvalue weighted by atomic mass is 32.1. The van der Waals surface area contributed by atoms with E-state index in [2.05, 4.69) is 10.5 Å². The quantitative estimate of drug-likeness (QED) is 0.243. The van der Waals surface area contributed by atoms with Gasteiger partial charge >= 0.3 is 0 Å². The summed E-state index contributed by atoms with van der Waals surface area (Å²) in [5.41, 5.74) is 6.11. The summed E-state index contributed by atoms with van der Waals surface area (Å²) in [6.07, 6.45) is -0.548. The Hall–Kier alpha value is -1.11. The smallest absolute Gasteiger partial charge is 0.153 e. The van der Waals surface area contributed by atoms with Gasteiger partial charge in [-0.2, -0.15) is 11.3 Å². The number of thiophene rings is 1. The molecule has 0 aliphatic heterocycles. The van der Waals surface area contributed by atoms with Crippen molar-refractivity contribution < 1.29 is 10.3 Å². The van der Waals surface area contributed by atoms with E-state index in [1.165, 1.54) is 11.3 Å². The van der Waals surface area contributed by atoms with Crippen LogP contribution in [-0.2, 0) is 0 Å². The molecule has 1 unspecified atom stereocenters. The fraction of sp³-hybridized carbons (Fsp3) is 0.375. The number of hydrogen-bond acceptors (Lipinski definition) is 5. The summed E-state index contributed by atoms with van der Waals surface area (Å²) in [6.45, 7) is 0.644. The first-order chi connectivity index (χ1) is 6.74. The maximum atomic E-state index is 9.60. The van der Waals surface area contributed by atoms with Crippen LogP contribution in [0.1, 0.15) is 11.7 Å². The second-order valence-electron chi connectivity index (χ2n) is 2.79. The first-order valence-electron chi connectivity index (χ1n) is 4.11. The topological polar surface area (TPSA) is 90.9 Å². The van der Waals surface area contributed by atoms with Crippen molar-refractivity contribution in [3.63, 3.8) is 0 Å². The molecule has 1 rings (SSSR count). The number of nitrogens with zero attached hydrogens (tertiary/aromatic N) is 1. The van der Waals surface area contributed by atoms with Crippen LogP contribution in [0.15, 0.2) is 22.0 Å². The van der Waals surface area contributed by atoms with Crippen molar-refractivity contribution >= 4 is 17.2 Å². The Labute approximate surface area is 85.9 Å². The number of aliphatic hydroxyl groups excluding tert-OH is 1. The van der Waals surface area contributed by atoms with Crippen LogP contribution in [0, 0.1) is 0 Å². The van der Waals surface area contributed by atoms with Crippen LogP contribution in [0.25, 0.3) is 0 Å². The third kappa shape index (κ3) is 3.33. The Morgan fingerprint density at radius 3 is 3.07 bits per heavy atom. The maximum Gasteiger partial charge on any atom is 0.153 e. The van der Waals surface area contributed by atoms with Crippen molar-refractivity contribution in [3.8, 4) is 0 Å². The zero-order valence-corrected chi connectivity index (χ0v) is 8.37. The van der Waals surface area contributed by atoms with Gasteiger partial charge in [-0.25, -0.2) is 0 Å². The zero-order valence-electron chi connectivity index (χ0n) is 7.55. The SMILES string of the molecule is N/C(CNCC(O)c1ccsc1)=N/O. The molecule has 5 nitrogen and oxygen atoms in total. The Morgan fingerprint density at radius 1 is 1.71 bits per heavy atom. The highest BCUT2D eigenvalue weighted by Gasteiger charge is 2.06. The molecule has 78 valence electrons. The molecule has 0 saturated heterocycles. The van der Waals surface area contributed by atoms with Gasteiger partial charge in [-0.3, -0.25) is 0 Å². The highest BCUT2D eigenvalue weighted by molar-refractivity contribution is 7.07. The van der Waals surface area contributed by atoms with E-state index in [1.807, 2.05) is 16.8 Å². The molecule has 14 heavy (non-hydrogen) atoms. The fourth-order valence-corrected chi connectivity index (χ4v) is 1.66. The third-order valence-electron chi connectivity index (χ3n) is 1.70. The number of aliphatic hydroxyl groups is 1. The van der Waals surface area contributed by atoms with Crippen LogP contribution in [0.5, 0.6) is 0 Å². The lowest BCUT2D eigenvalue weighted by Gasteiger charge is -2.09. The van der Waals surface area contributed by atoms with Crippen molar-refractivity contribution in [3.05, 3.63) is 22.4 Å². The second kappa shape index (κ2) is 5.58. The van der Waals surface area contributed by atoms with Gasteiger partial charge in [0.15, 0.2) is 5.84 Å². The van der Waals surface area contributed by atoms with Crippen molar-refractivity contribution in [2.75, 3.05) is 13.1 Å². The van der Waals surface area contributed by atoms with Crippen LogP contribution < -0.4 is 11.1 Å². The highest BCUT2D eigenvalue weighted by Crippen LogP contribution is 2.14. The zero-order chi connectivity index (χ0) is 10.4. The van der Waals surface area contributed by atoms with E-state index in [1.54, 1.807) is 0 Å². The summed E-state index contributed by atoms with van der Waals surface area (Å²) in [6, 6.07) is 1.86. The van der Waals surface area contributed by atoms with Gasteiger partial charge in [0.25, 0.3) is 0 Å². The van der Waals surface area contributed by atoms with Gasteiger partial charge in [0.1, 0.15) is 0 Å². The minimum absolute atomic E-state index is 0.0996. The molecular weight excluding hydrogens is 202 g/mol. The van der Waals surface area contributed by atoms with E-state index in [4.69, 9.17) is 10.9 Å². The molecule has 1 heterocycles. The molecule has 1 atom stereocenters.